The fourth-order valence-electron chi connectivity index (χ4n) is 2.69. The Morgan fingerprint density at radius 2 is 1.90 bits per heavy atom. The molecule has 0 bridgehead atoms. The molecular weight excluding hydrogens is 330 g/mol. The second kappa shape index (κ2) is 6.82. The van der Waals surface area contributed by atoms with E-state index in [9.17, 15) is 4.79 Å². The lowest BCUT2D eigenvalue weighted by Gasteiger charge is -2.32. The van der Waals surface area contributed by atoms with Crippen LogP contribution in [0.1, 0.15) is 52.0 Å². The number of ether oxygens (including phenoxy) is 1. The summed E-state index contributed by atoms with van der Waals surface area (Å²) in [7, 11) is 0. The number of benzene rings is 1. The van der Waals surface area contributed by atoms with Crippen LogP contribution in [0.3, 0.4) is 0 Å². The van der Waals surface area contributed by atoms with Crippen molar-refractivity contribution in [3.63, 3.8) is 0 Å². The molecule has 0 heterocycles. The number of carbonyl (C=O) groups is 1. The Kier molecular flexibility index (Phi) is 5.31. The maximum Gasteiger partial charge on any atom is 0.410 e. The number of halogens is 1. The molecule has 1 aliphatic carbocycles. The van der Waals surface area contributed by atoms with Gasteiger partial charge in [0.2, 0.25) is 0 Å². The highest BCUT2D eigenvalue weighted by atomic mass is 79.9. The van der Waals surface area contributed by atoms with Crippen molar-refractivity contribution in [2.24, 2.45) is 0 Å². The topological polar surface area (TPSA) is 29.5 Å². The minimum atomic E-state index is -0.456. The zero-order chi connectivity index (χ0) is 15.5. The molecule has 1 aromatic carbocycles. The van der Waals surface area contributed by atoms with Crippen LogP contribution in [0.25, 0.3) is 0 Å². The average molecular weight is 354 g/mol. The Hall–Kier alpha value is -1.03. The smallest absolute Gasteiger partial charge is 0.410 e. The van der Waals surface area contributed by atoms with E-state index in [1.165, 1.54) is 12.8 Å². The minimum absolute atomic E-state index is 0.204. The Morgan fingerprint density at radius 3 is 2.48 bits per heavy atom. The van der Waals surface area contributed by atoms with Crippen molar-refractivity contribution in [3.05, 3.63) is 34.3 Å². The third-order valence-electron chi connectivity index (χ3n) is 3.69. The van der Waals surface area contributed by atoms with Gasteiger partial charge in [-0.3, -0.25) is 0 Å². The molecule has 0 atom stereocenters. The zero-order valence-corrected chi connectivity index (χ0v) is 14.6. The van der Waals surface area contributed by atoms with Crippen LogP contribution in [0, 0.1) is 0 Å². The molecule has 1 amide bonds. The normalized spacial score (nSPS) is 16.0. The van der Waals surface area contributed by atoms with Crippen molar-refractivity contribution < 1.29 is 9.53 Å². The molecule has 21 heavy (non-hydrogen) atoms. The Morgan fingerprint density at radius 1 is 1.29 bits per heavy atom. The van der Waals surface area contributed by atoms with E-state index in [0.29, 0.717) is 12.6 Å². The summed E-state index contributed by atoms with van der Waals surface area (Å²) in [5.74, 6) is 0. The predicted octanol–water partition coefficient (Wildman–Crippen LogP) is 5.13. The van der Waals surface area contributed by atoms with Gasteiger partial charge in [-0.2, -0.15) is 0 Å². The first-order chi connectivity index (χ1) is 9.87. The number of amides is 1. The lowest BCUT2D eigenvalue weighted by Crippen LogP contribution is -2.41. The number of carbonyl (C=O) groups excluding carboxylic acids is 1. The van der Waals surface area contributed by atoms with E-state index < -0.39 is 5.60 Å². The largest absolute Gasteiger partial charge is 0.444 e. The minimum Gasteiger partial charge on any atom is -0.444 e. The molecule has 2 rings (SSSR count). The van der Waals surface area contributed by atoms with Crippen molar-refractivity contribution in [2.45, 2.75) is 64.6 Å². The summed E-state index contributed by atoms with van der Waals surface area (Å²) in [6.45, 7) is 6.34. The molecule has 1 aliphatic rings. The summed E-state index contributed by atoms with van der Waals surface area (Å²) < 4.78 is 6.63. The number of rotatable bonds is 3. The van der Waals surface area contributed by atoms with Crippen LogP contribution < -0.4 is 0 Å². The van der Waals surface area contributed by atoms with Gasteiger partial charge in [0.25, 0.3) is 0 Å². The van der Waals surface area contributed by atoms with Crippen molar-refractivity contribution in [1.82, 2.24) is 4.90 Å². The van der Waals surface area contributed by atoms with Gasteiger partial charge in [0.05, 0.1) is 6.54 Å². The van der Waals surface area contributed by atoms with E-state index in [-0.39, 0.29) is 6.09 Å². The number of hydrogen-bond donors (Lipinski definition) is 0. The van der Waals surface area contributed by atoms with Gasteiger partial charge >= 0.3 is 6.09 Å². The van der Waals surface area contributed by atoms with E-state index in [1.807, 2.05) is 43.9 Å². The maximum absolute atomic E-state index is 12.5. The van der Waals surface area contributed by atoms with Crippen LogP contribution in [0.5, 0.6) is 0 Å². The first-order valence-electron chi connectivity index (χ1n) is 7.60. The molecule has 1 saturated carbocycles. The van der Waals surface area contributed by atoms with Gasteiger partial charge in [0, 0.05) is 10.5 Å². The summed E-state index contributed by atoms with van der Waals surface area (Å²) in [4.78, 5) is 14.5. The second-order valence-electron chi connectivity index (χ2n) is 6.64. The third kappa shape index (κ3) is 4.73. The summed E-state index contributed by atoms with van der Waals surface area (Å²) in [5.41, 5.74) is 0.664. The quantitative estimate of drug-likeness (QED) is 0.753. The van der Waals surface area contributed by atoms with Crippen molar-refractivity contribution >= 4 is 22.0 Å². The van der Waals surface area contributed by atoms with E-state index in [4.69, 9.17) is 4.74 Å². The molecule has 1 aromatic rings. The van der Waals surface area contributed by atoms with Crippen molar-refractivity contribution in [1.29, 1.82) is 0 Å². The van der Waals surface area contributed by atoms with Gasteiger partial charge in [-0.25, -0.2) is 4.79 Å². The molecule has 1 fully saturated rings. The van der Waals surface area contributed by atoms with Gasteiger partial charge in [0.15, 0.2) is 0 Å². The van der Waals surface area contributed by atoms with Crippen LogP contribution >= 0.6 is 15.9 Å². The number of hydrogen-bond acceptors (Lipinski definition) is 2. The average Bonchev–Trinajstić information content (AvgIpc) is 2.89. The zero-order valence-electron chi connectivity index (χ0n) is 13.1. The van der Waals surface area contributed by atoms with E-state index >= 15 is 0 Å². The first kappa shape index (κ1) is 16.3. The van der Waals surface area contributed by atoms with Gasteiger partial charge < -0.3 is 9.64 Å². The van der Waals surface area contributed by atoms with Crippen LogP contribution in [-0.4, -0.2) is 22.6 Å². The summed E-state index contributed by atoms with van der Waals surface area (Å²) >= 11 is 3.57. The van der Waals surface area contributed by atoms with E-state index in [2.05, 4.69) is 22.0 Å². The molecule has 4 heteroatoms. The Bertz CT molecular complexity index is 490. The molecule has 0 radical (unpaired) electrons. The van der Waals surface area contributed by atoms with Crippen LogP contribution in [0.15, 0.2) is 28.7 Å². The summed E-state index contributed by atoms with van der Waals surface area (Å²) in [5, 5.41) is 0. The fourth-order valence-corrected chi connectivity index (χ4v) is 3.10. The maximum atomic E-state index is 12.5. The lowest BCUT2D eigenvalue weighted by atomic mass is 10.1. The Balaban J connectivity index is 2.16. The molecule has 0 aromatic heterocycles. The van der Waals surface area contributed by atoms with E-state index in [1.54, 1.807) is 0 Å². The molecule has 0 unspecified atom stereocenters. The second-order valence-corrected chi connectivity index (χ2v) is 7.49. The van der Waals surface area contributed by atoms with Crippen LogP contribution in [0.2, 0.25) is 0 Å². The lowest BCUT2D eigenvalue weighted by molar-refractivity contribution is 0.0144. The molecule has 3 nitrogen and oxygen atoms in total. The van der Waals surface area contributed by atoms with E-state index in [0.717, 1.165) is 22.9 Å². The molecular formula is C17H24BrNO2. The standard InChI is InChI=1S/C17H24BrNO2/c1-17(2,3)21-16(20)19(14-9-5-6-10-14)12-13-8-4-7-11-15(13)18/h4,7-8,11,14H,5-6,9-10,12H2,1-3H3. The fraction of sp³-hybridized carbons (Fsp3) is 0.588. The SMILES string of the molecule is CC(C)(C)OC(=O)N(Cc1ccccc1Br)C1CCCC1. The van der Waals surface area contributed by atoms with Gasteiger partial charge in [0.1, 0.15) is 5.60 Å². The molecule has 116 valence electrons. The predicted molar refractivity (Wildman–Crippen MR) is 88.2 cm³/mol. The summed E-state index contributed by atoms with van der Waals surface area (Å²) in [6.07, 6.45) is 4.33. The Labute approximate surface area is 135 Å². The summed E-state index contributed by atoms with van der Waals surface area (Å²) in [6, 6.07) is 8.35. The van der Waals surface area contributed by atoms with Gasteiger partial charge in [-0.15, -0.1) is 0 Å². The van der Waals surface area contributed by atoms with Crippen LogP contribution in [0.4, 0.5) is 4.79 Å². The van der Waals surface area contributed by atoms with Crippen molar-refractivity contribution in [2.75, 3.05) is 0 Å². The molecule has 0 saturated heterocycles. The van der Waals surface area contributed by atoms with Crippen molar-refractivity contribution in [3.8, 4) is 0 Å². The first-order valence-corrected chi connectivity index (χ1v) is 8.39. The molecule has 0 aliphatic heterocycles. The van der Waals surface area contributed by atoms with Crippen LogP contribution in [-0.2, 0) is 11.3 Å². The number of nitrogens with zero attached hydrogens (tertiary/aromatic N) is 1. The third-order valence-corrected chi connectivity index (χ3v) is 4.47. The highest BCUT2D eigenvalue weighted by Gasteiger charge is 2.30. The highest BCUT2D eigenvalue weighted by molar-refractivity contribution is 9.10. The highest BCUT2D eigenvalue weighted by Crippen LogP contribution is 2.28. The molecule has 0 N–H and O–H groups in total. The van der Waals surface area contributed by atoms with Gasteiger partial charge in [-0.05, 0) is 45.2 Å². The van der Waals surface area contributed by atoms with Gasteiger partial charge in [-0.1, -0.05) is 47.0 Å². The monoisotopic (exact) mass is 353 g/mol. The molecule has 0 spiro atoms.